The Morgan fingerprint density at radius 3 is 1.93 bits per heavy atom. The fourth-order valence-corrected chi connectivity index (χ4v) is 8.47. The van der Waals surface area contributed by atoms with E-state index in [4.69, 9.17) is 15.2 Å². The first-order valence-electron chi connectivity index (χ1n) is 20.2. The fraction of sp³-hybridized carbons (Fsp3) is 0.476. The molecular formula is C42H58N10O8S. The summed E-state index contributed by atoms with van der Waals surface area (Å²) >= 11 is 0. The molecule has 3 aromatic rings. The largest absolute Gasteiger partial charge is 0.453 e. The number of carbonyl (C=O) groups excluding carboxylic acids is 4. The molecule has 2 aliphatic rings. The van der Waals surface area contributed by atoms with Crippen LogP contribution >= 0.6 is 0 Å². The summed E-state index contributed by atoms with van der Waals surface area (Å²) in [7, 11) is 1.54. The summed E-state index contributed by atoms with van der Waals surface area (Å²) in [6, 6.07) is 13.1. The maximum Gasteiger partial charge on any atom is 0.407 e. The van der Waals surface area contributed by atoms with Crippen LogP contribution in [0.3, 0.4) is 0 Å². The Balaban J connectivity index is 1.27. The molecule has 2 aliphatic heterocycles. The molecular weight excluding hydrogens is 805 g/mol. The van der Waals surface area contributed by atoms with E-state index in [1.165, 1.54) is 43.7 Å². The molecule has 2 fully saturated rings. The lowest BCUT2D eigenvalue weighted by Crippen LogP contribution is -2.65. The minimum Gasteiger partial charge on any atom is -0.453 e. The molecule has 61 heavy (non-hydrogen) atoms. The Kier molecular flexibility index (Phi) is 15.3. The van der Waals surface area contributed by atoms with Crippen LogP contribution in [0.5, 0.6) is 0 Å². The molecule has 18 nitrogen and oxygen atoms in total. The number of aliphatic imine (C=N–C) groups is 1. The summed E-state index contributed by atoms with van der Waals surface area (Å²) in [5.74, 6) is -0.289. The first-order chi connectivity index (χ1) is 29.0. The van der Waals surface area contributed by atoms with E-state index in [1.54, 1.807) is 31.0 Å². The number of aromatic nitrogens is 2. The van der Waals surface area contributed by atoms with Gasteiger partial charge in [0.1, 0.15) is 29.8 Å². The van der Waals surface area contributed by atoms with Crippen molar-refractivity contribution in [3.63, 3.8) is 0 Å². The number of amidine groups is 1. The third-order valence-electron chi connectivity index (χ3n) is 10.9. The first kappa shape index (κ1) is 46.3. The summed E-state index contributed by atoms with van der Waals surface area (Å²) in [5.41, 5.74) is 11.0. The van der Waals surface area contributed by atoms with Gasteiger partial charge in [0.15, 0.2) is 0 Å². The van der Waals surface area contributed by atoms with Gasteiger partial charge < -0.3 is 40.6 Å². The molecule has 0 aliphatic carbocycles. The van der Waals surface area contributed by atoms with Crippen molar-refractivity contribution in [3.8, 4) is 22.4 Å². The Hall–Kier alpha value is -5.79. The number of rotatable bonds is 14. The van der Waals surface area contributed by atoms with Gasteiger partial charge in [0, 0.05) is 46.5 Å². The molecule has 2 saturated heterocycles. The Morgan fingerprint density at radius 2 is 1.39 bits per heavy atom. The van der Waals surface area contributed by atoms with Crippen LogP contribution in [-0.2, 0) is 29.3 Å². The first-order valence-corrected chi connectivity index (χ1v) is 21.6. The number of carbonyl (C=O) groups is 4. The van der Waals surface area contributed by atoms with Crippen molar-refractivity contribution in [1.29, 1.82) is 0 Å². The van der Waals surface area contributed by atoms with E-state index in [0.29, 0.717) is 12.4 Å². The van der Waals surface area contributed by atoms with Crippen LogP contribution < -0.4 is 16.4 Å². The predicted molar refractivity (Wildman–Crippen MR) is 232 cm³/mol. The number of nitrogens with two attached hydrogens (primary N) is 1. The van der Waals surface area contributed by atoms with Gasteiger partial charge in [-0.3, -0.25) is 9.59 Å². The van der Waals surface area contributed by atoms with Gasteiger partial charge in [0.25, 0.3) is 10.2 Å². The highest BCUT2D eigenvalue weighted by Gasteiger charge is 2.41. The number of likely N-dealkylation sites (tertiary alicyclic amines) is 1. The second-order valence-electron chi connectivity index (χ2n) is 15.9. The Morgan fingerprint density at radius 1 is 0.852 bits per heavy atom. The minimum atomic E-state index is -3.82. The van der Waals surface area contributed by atoms with E-state index >= 15 is 0 Å². The number of nitrogens with zero attached hydrogens (tertiary/aromatic N) is 6. The zero-order chi connectivity index (χ0) is 44.6. The molecule has 2 aromatic carbocycles. The number of hydrogen-bond acceptors (Lipinski definition) is 10. The number of nitrogens with one attached hydrogen (secondary N) is 3. The number of alkyl carbamates (subject to hydrolysis) is 2. The van der Waals surface area contributed by atoms with Crippen LogP contribution in [0.1, 0.15) is 58.0 Å². The smallest absolute Gasteiger partial charge is 0.407 e. The van der Waals surface area contributed by atoms with E-state index in [0.717, 1.165) is 45.1 Å². The lowest BCUT2D eigenvalue weighted by Gasteiger charge is -2.42. The molecule has 4 atom stereocenters. The van der Waals surface area contributed by atoms with Gasteiger partial charge in [-0.25, -0.2) is 19.6 Å². The highest BCUT2D eigenvalue weighted by molar-refractivity contribution is 7.86. The highest BCUT2D eigenvalue weighted by Crippen LogP contribution is 2.33. The number of methoxy groups -OCH3 is 2. The number of ether oxygens (including phenoxy) is 2. The molecule has 3 heterocycles. The van der Waals surface area contributed by atoms with Crippen molar-refractivity contribution < 1.29 is 37.1 Å². The molecule has 4 amide bonds. The van der Waals surface area contributed by atoms with E-state index in [9.17, 15) is 27.6 Å². The van der Waals surface area contributed by atoms with Crippen LogP contribution in [-0.4, -0.2) is 139 Å². The van der Waals surface area contributed by atoms with Crippen LogP contribution in [0.25, 0.3) is 28.5 Å². The molecule has 1 aromatic heterocycles. The van der Waals surface area contributed by atoms with Crippen LogP contribution in [0.15, 0.2) is 65.9 Å². The third-order valence-corrected chi connectivity index (χ3v) is 12.8. The fourth-order valence-electron chi connectivity index (χ4n) is 7.36. The van der Waals surface area contributed by atoms with E-state index in [2.05, 4.69) is 25.6 Å². The number of H-pyrrole nitrogens is 1. The van der Waals surface area contributed by atoms with Gasteiger partial charge in [-0.2, -0.15) is 17.0 Å². The van der Waals surface area contributed by atoms with Gasteiger partial charge in [-0.1, -0.05) is 76.2 Å². The van der Waals surface area contributed by atoms with Crippen LogP contribution in [0.2, 0.25) is 0 Å². The maximum atomic E-state index is 13.8. The summed E-state index contributed by atoms with van der Waals surface area (Å²) in [4.78, 5) is 67.1. The second kappa shape index (κ2) is 20.2. The quantitative estimate of drug-likeness (QED) is 0.135. The van der Waals surface area contributed by atoms with Gasteiger partial charge in [-0.05, 0) is 53.0 Å². The summed E-state index contributed by atoms with van der Waals surface area (Å²) in [5, 5.41) is 5.26. The molecule has 0 spiro atoms. The molecule has 19 heteroatoms. The zero-order valence-electron chi connectivity index (χ0n) is 36.0. The van der Waals surface area contributed by atoms with Crippen LogP contribution in [0.4, 0.5) is 9.59 Å². The lowest BCUT2D eigenvalue weighted by atomic mass is 10.0. The normalized spacial score (nSPS) is 18.8. The SMILES string of the molecule is COC(=O)N[C@H](C(=O)N1CCN(S(=O)(=O)N(C)C)C[C@H]1C(N)=N/C=C/c1ccc(-c2ccc(-c3cnc([C@@H]4CCCN4C(=O)[C@@H](NC(=O)OC)C(C)C)[nH]3)cc2)cc1)C(C)C. The van der Waals surface area contributed by atoms with Crippen LogP contribution in [0, 0.1) is 11.8 Å². The lowest BCUT2D eigenvalue weighted by molar-refractivity contribution is -0.137. The summed E-state index contributed by atoms with van der Waals surface area (Å²) in [6.45, 7) is 7.85. The number of imidazole rings is 1. The van der Waals surface area contributed by atoms with Gasteiger partial charge >= 0.3 is 12.2 Å². The second-order valence-corrected chi connectivity index (χ2v) is 18.0. The molecule has 5 N–H and O–H groups in total. The number of hydrogen-bond donors (Lipinski definition) is 4. The summed E-state index contributed by atoms with van der Waals surface area (Å²) < 4.78 is 38.0. The van der Waals surface area contributed by atoms with E-state index in [1.807, 2.05) is 62.4 Å². The molecule has 330 valence electrons. The van der Waals surface area contributed by atoms with Gasteiger partial charge in [0.05, 0.1) is 32.2 Å². The van der Waals surface area contributed by atoms with Crippen molar-refractivity contribution in [1.82, 2.24) is 39.0 Å². The molecule has 0 bridgehead atoms. The van der Waals surface area contributed by atoms with Crippen molar-refractivity contribution in [2.45, 2.75) is 64.7 Å². The number of amides is 4. The minimum absolute atomic E-state index is 0.0340. The molecule has 0 radical (unpaired) electrons. The van der Waals surface area contributed by atoms with E-state index in [-0.39, 0.29) is 49.3 Å². The average molecular weight is 863 g/mol. The highest BCUT2D eigenvalue weighted by atomic mass is 32.2. The monoisotopic (exact) mass is 862 g/mol. The maximum absolute atomic E-state index is 13.8. The molecule has 0 unspecified atom stereocenters. The third kappa shape index (κ3) is 10.9. The standard InChI is InChI=1S/C42H58N10O8S/c1-26(2)35(47-41(55)59-7)39(53)51-21-9-10-33(51)38-45-24-32(46-38)31-17-15-30(16-18-31)29-13-11-28(12-14-29)19-20-44-37(43)34-25-50(61(57,58)49(5)6)22-23-52(34)40(54)36(27(3)4)48-42(56)60-8/h11-20,24,26-27,33-36H,9-10,21-23,25H2,1-8H3,(H2,43,44)(H,45,46)(H,47,55)(H,48,56)/b20-19+/t33-,34-,35-,36-/m0/s1. The topological polar surface area (TPSA) is 225 Å². The van der Waals surface area contributed by atoms with Crippen molar-refractivity contribution >= 4 is 46.1 Å². The Labute approximate surface area is 357 Å². The van der Waals surface area contributed by atoms with Gasteiger partial charge in [-0.15, -0.1) is 0 Å². The molecule has 5 rings (SSSR count). The zero-order valence-corrected chi connectivity index (χ0v) is 36.8. The average Bonchev–Trinajstić information content (AvgIpc) is 3.95. The summed E-state index contributed by atoms with van der Waals surface area (Å²) in [6.07, 6.45) is 5.21. The van der Waals surface area contributed by atoms with Crippen molar-refractivity contribution in [2.24, 2.45) is 22.6 Å². The number of benzene rings is 2. The number of aromatic amines is 1. The van der Waals surface area contributed by atoms with Crippen molar-refractivity contribution in [2.75, 3.05) is 54.5 Å². The van der Waals surface area contributed by atoms with Crippen molar-refractivity contribution in [3.05, 3.63) is 72.3 Å². The van der Waals surface area contributed by atoms with E-state index < -0.39 is 46.4 Å². The molecule has 0 saturated carbocycles. The number of piperazine rings is 1. The predicted octanol–water partition coefficient (Wildman–Crippen LogP) is 3.82. The van der Waals surface area contributed by atoms with Gasteiger partial charge in [0.2, 0.25) is 11.8 Å². The Bertz CT molecular complexity index is 2190.